The van der Waals surface area contributed by atoms with Gasteiger partial charge in [0.1, 0.15) is 5.75 Å². The summed E-state index contributed by atoms with van der Waals surface area (Å²) in [5, 5.41) is 4.52. The predicted molar refractivity (Wildman–Crippen MR) is 131 cm³/mol. The number of nitrogens with one attached hydrogen (secondary N) is 1. The van der Waals surface area contributed by atoms with Crippen LogP contribution in [0.2, 0.25) is 5.02 Å². The van der Waals surface area contributed by atoms with Gasteiger partial charge in [0.2, 0.25) is 0 Å². The van der Waals surface area contributed by atoms with Crippen LogP contribution in [0.5, 0.6) is 11.5 Å². The van der Waals surface area contributed by atoms with Gasteiger partial charge in [-0.25, -0.2) is 10.2 Å². The fourth-order valence-electron chi connectivity index (χ4n) is 2.59. The number of nitrogens with zero attached hydrogens (tertiary/aromatic N) is 1. The molecule has 1 amide bonds. The van der Waals surface area contributed by atoms with Crippen LogP contribution in [-0.4, -0.2) is 24.7 Å². The molecule has 0 fully saturated rings. The van der Waals surface area contributed by atoms with Crippen molar-refractivity contribution in [2.75, 3.05) is 6.61 Å². The molecule has 0 aliphatic heterocycles. The zero-order valence-electron chi connectivity index (χ0n) is 16.8. The zero-order valence-corrected chi connectivity index (χ0v) is 20.7. The summed E-state index contributed by atoms with van der Waals surface area (Å²) >= 11 is 12.6. The van der Waals surface area contributed by atoms with Crippen molar-refractivity contribution >= 4 is 61.6 Å². The largest absolute Gasteiger partial charge is 0.484 e. The summed E-state index contributed by atoms with van der Waals surface area (Å²) in [7, 11) is 0. The topological polar surface area (TPSA) is 77.0 Å². The lowest BCUT2D eigenvalue weighted by atomic mass is 10.1. The van der Waals surface area contributed by atoms with Gasteiger partial charge in [-0.05, 0) is 71.4 Å². The first-order valence-corrected chi connectivity index (χ1v) is 11.3. The van der Waals surface area contributed by atoms with Gasteiger partial charge in [0.05, 0.1) is 16.3 Å². The van der Waals surface area contributed by atoms with Gasteiger partial charge in [-0.3, -0.25) is 4.79 Å². The minimum atomic E-state index is -0.508. The molecule has 1 N–H and O–H groups in total. The van der Waals surface area contributed by atoms with E-state index in [9.17, 15) is 9.59 Å². The van der Waals surface area contributed by atoms with Crippen LogP contribution >= 0.6 is 43.5 Å². The lowest BCUT2D eigenvalue weighted by Crippen LogP contribution is -2.24. The van der Waals surface area contributed by atoms with E-state index in [-0.39, 0.29) is 12.4 Å². The molecule has 0 unspecified atom stereocenters. The Morgan fingerprint density at radius 2 is 1.84 bits per heavy atom. The minimum Gasteiger partial charge on any atom is -0.484 e. The number of amides is 1. The van der Waals surface area contributed by atoms with E-state index in [1.165, 1.54) is 6.21 Å². The monoisotopic (exact) mass is 578 g/mol. The van der Waals surface area contributed by atoms with E-state index in [0.717, 1.165) is 10.0 Å². The molecular formula is C23H17Br2ClN2O4. The Labute approximate surface area is 206 Å². The number of hydrazone groups is 1. The number of hydrogen-bond donors (Lipinski definition) is 1. The number of ether oxygens (including phenoxy) is 2. The van der Waals surface area contributed by atoms with Gasteiger partial charge in [-0.2, -0.15) is 5.10 Å². The van der Waals surface area contributed by atoms with Gasteiger partial charge < -0.3 is 9.47 Å². The molecule has 0 saturated carbocycles. The number of aryl methyl sites for hydroxylation is 1. The average molecular weight is 581 g/mol. The molecule has 0 bridgehead atoms. The predicted octanol–water partition coefficient (Wildman–Crippen LogP) is 5.92. The molecule has 0 spiro atoms. The molecule has 0 aromatic heterocycles. The molecule has 3 aromatic rings. The Balaban J connectivity index is 1.67. The molecule has 32 heavy (non-hydrogen) atoms. The van der Waals surface area contributed by atoms with Gasteiger partial charge in [0, 0.05) is 15.1 Å². The quantitative estimate of drug-likeness (QED) is 0.163. The molecule has 164 valence electrons. The lowest BCUT2D eigenvalue weighted by Gasteiger charge is -2.11. The number of carbonyl (C=O) groups is 2. The number of hydrogen-bond acceptors (Lipinski definition) is 5. The second kappa shape index (κ2) is 11.3. The number of halogens is 3. The fourth-order valence-corrected chi connectivity index (χ4v) is 4.06. The molecule has 3 rings (SSSR count). The molecule has 0 aliphatic rings. The highest BCUT2D eigenvalue weighted by Crippen LogP contribution is 2.32. The van der Waals surface area contributed by atoms with Gasteiger partial charge in [-0.15, -0.1) is 0 Å². The Morgan fingerprint density at radius 1 is 1.09 bits per heavy atom. The number of esters is 1. The SMILES string of the molecule is Cc1cccc(C(=O)Oc2c(Br)cc(Br)cc2/C=N\NC(=O)COc2ccc(Cl)cc2)c1. The van der Waals surface area contributed by atoms with Gasteiger partial charge in [-0.1, -0.05) is 45.2 Å². The van der Waals surface area contributed by atoms with Crippen LogP contribution in [0.25, 0.3) is 0 Å². The third-order valence-electron chi connectivity index (χ3n) is 4.06. The molecule has 0 heterocycles. The average Bonchev–Trinajstić information content (AvgIpc) is 2.75. The van der Waals surface area contributed by atoms with Crippen LogP contribution in [0.1, 0.15) is 21.5 Å². The summed E-state index contributed by atoms with van der Waals surface area (Å²) in [5.74, 6) is -0.180. The third kappa shape index (κ3) is 6.91. The van der Waals surface area contributed by atoms with Gasteiger partial charge in [0.25, 0.3) is 5.91 Å². The fraction of sp³-hybridized carbons (Fsp3) is 0.0870. The summed E-state index contributed by atoms with van der Waals surface area (Å²) in [4.78, 5) is 24.6. The standard InChI is InChI=1S/C23H17Br2ClN2O4/c1-14-3-2-4-15(9-14)23(30)32-22-16(10-17(24)11-20(22)25)12-27-28-21(29)13-31-19-7-5-18(26)6-8-19/h2-12H,13H2,1H3,(H,28,29)/b27-12-. The second-order valence-electron chi connectivity index (χ2n) is 6.60. The van der Waals surface area contributed by atoms with Crippen LogP contribution < -0.4 is 14.9 Å². The maximum absolute atomic E-state index is 12.6. The van der Waals surface area contributed by atoms with Crippen LogP contribution in [0.4, 0.5) is 0 Å². The van der Waals surface area contributed by atoms with E-state index < -0.39 is 11.9 Å². The number of rotatable bonds is 7. The highest BCUT2D eigenvalue weighted by atomic mass is 79.9. The van der Waals surface area contributed by atoms with E-state index in [4.69, 9.17) is 21.1 Å². The van der Waals surface area contributed by atoms with Crippen molar-refractivity contribution in [1.82, 2.24) is 5.43 Å². The Morgan fingerprint density at radius 3 is 2.56 bits per heavy atom. The molecular weight excluding hydrogens is 564 g/mol. The van der Waals surface area contributed by atoms with Gasteiger partial charge in [0.15, 0.2) is 12.4 Å². The molecule has 0 atom stereocenters. The van der Waals surface area contributed by atoms with Crippen LogP contribution in [-0.2, 0) is 4.79 Å². The van der Waals surface area contributed by atoms with Crippen molar-refractivity contribution in [1.29, 1.82) is 0 Å². The van der Waals surface area contributed by atoms with Crippen molar-refractivity contribution in [3.8, 4) is 11.5 Å². The molecule has 9 heteroatoms. The molecule has 0 saturated heterocycles. The zero-order chi connectivity index (χ0) is 23.1. The van der Waals surface area contributed by atoms with E-state index in [0.29, 0.717) is 26.4 Å². The summed E-state index contributed by atoms with van der Waals surface area (Å²) in [6, 6.07) is 17.2. The molecule has 0 aliphatic carbocycles. The van der Waals surface area contributed by atoms with E-state index in [1.807, 2.05) is 13.0 Å². The van der Waals surface area contributed by atoms with E-state index in [1.54, 1.807) is 54.6 Å². The van der Waals surface area contributed by atoms with Crippen molar-refractivity contribution in [3.05, 3.63) is 91.3 Å². The Bertz CT molecular complexity index is 1170. The van der Waals surface area contributed by atoms with Crippen molar-refractivity contribution in [3.63, 3.8) is 0 Å². The first-order chi connectivity index (χ1) is 15.3. The maximum atomic E-state index is 12.6. The van der Waals surface area contributed by atoms with Crippen LogP contribution in [0.3, 0.4) is 0 Å². The Hall–Kier alpha value is -2.68. The van der Waals surface area contributed by atoms with Crippen molar-refractivity contribution < 1.29 is 19.1 Å². The summed E-state index contributed by atoms with van der Waals surface area (Å²) in [5.41, 5.74) is 4.23. The van der Waals surface area contributed by atoms with Crippen molar-refractivity contribution in [2.45, 2.75) is 6.92 Å². The molecule has 0 radical (unpaired) electrons. The first-order valence-electron chi connectivity index (χ1n) is 9.30. The minimum absolute atomic E-state index is 0.226. The van der Waals surface area contributed by atoms with Gasteiger partial charge >= 0.3 is 5.97 Å². The maximum Gasteiger partial charge on any atom is 0.343 e. The molecule has 3 aromatic carbocycles. The Kier molecular flexibility index (Phi) is 8.44. The second-order valence-corrected chi connectivity index (χ2v) is 8.81. The smallest absolute Gasteiger partial charge is 0.343 e. The van der Waals surface area contributed by atoms with Crippen LogP contribution in [0, 0.1) is 6.92 Å². The third-order valence-corrected chi connectivity index (χ3v) is 5.36. The number of benzene rings is 3. The summed E-state index contributed by atoms with van der Waals surface area (Å²) < 4.78 is 12.3. The highest BCUT2D eigenvalue weighted by molar-refractivity contribution is 9.11. The summed E-state index contributed by atoms with van der Waals surface area (Å²) in [6.45, 7) is 1.67. The van der Waals surface area contributed by atoms with E-state index >= 15 is 0 Å². The van der Waals surface area contributed by atoms with Crippen molar-refractivity contribution in [2.24, 2.45) is 5.10 Å². The molecule has 6 nitrogen and oxygen atoms in total. The summed E-state index contributed by atoms with van der Waals surface area (Å²) in [6.07, 6.45) is 1.38. The highest BCUT2D eigenvalue weighted by Gasteiger charge is 2.15. The normalized spacial score (nSPS) is 10.8. The van der Waals surface area contributed by atoms with E-state index in [2.05, 4.69) is 42.4 Å². The van der Waals surface area contributed by atoms with Crippen LogP contribution in [0.15, 0.2) is 74.7 Å². The first kappa shape index (κ1) is 24.0. The number of carbonyl (C=O) groups excluding carboxylic acids is 2. The lowest BCUT2D eigenvalue weighted by molar-refractivity contribution is -0.123.